The first-order valence-corrected chi connectivity index (χ1v) is 3.80. The van der Waals surface area contributed by atoms with Gasteiger partial charge in [-0.25, -0.2) is 4.79 Å². The van der Waals surface area contributed by atoms with Crippen LogP contribution in [0.3, 0.4) is 0 Å². The van der Waals surface area contributed by atoms with E-state index in [1.54, 1.807) is 20.8 Å². The molecular weight excluding hydrogens is 195 g/mol. The van der Waals surface area contributed by atoms with E-state index < -0.39 is 17.1 Å². The summed E-state index contributed by atoms with van der Waals surface area (Å²) in [6.07, 6.45) is 0.770. The predicted octanol–water partition coefficient (Wildman–Crippen LogP) is -2.98. The van der Waals surface area contributed by atoms with Crippen molar-refractivity contribution in [1.82, 2.24) is 0 Å². The second-order valence-electron chi connectivity index (χ2n) is 3.61. The van der Waals surface area contributed by atoms with Crippen LogP contribution in [-0.2, 0) is 14.3 Å². The molecule has 0 fully saturated rings. The maximum absolute atomic E-state index is 11.2. The van der Waals surface area contributed by atoms with E-state index >= 15 is 0 Å². The van der Waals surface area contributed by atoms with Gasteiger partial charge < -0.3 is 9.84 Å². The average Bonchev–Trinajstić information content (AvgIpc) is 2.01. The molecule has 0 rings (SSSR count). The summed E-state index contributed by atoms with van der Waals surface area (Å²) in [5.41, 5.74) is -0.649. The van der Waals surface area contributed by atoms with Crippen molar-refractivity contribution in [2.75, 3.05) is 7.11 Å². The Hall–Kier alpha value is -0.320. The van der Waals surface area contributed by atoms with Crippen LogP contribution in [-0.4, -0.2) is 18.9 Å². The third-order valence-electron chi connectivity index (χ3n) is 1.39. The summed E-state index contributed by atoms with van der Waals surface area (Å²) < 4.78 is 4.15. The van der Waals surface area contributed by atoms with E-state index in [4.69, 9.17) is 0 Å². The standard InChI is InChI=1S/C9H14O4.Na/c1-9(2,3)7(11)5-6(10)8(12)13-4;/h5,10H,1-4H3;/q;+1/p-1/b6-5-;. The fraction of sp³-hybridized carbons (Fsp3) is 0.556. The van der Waals surface area contributed by atoms with Crippen molar-refractivity contribution >= 4 is 11.8 Å². The molecule has 0 aromatic heterocycles. The maximum atomic E-state index is 11.2. The number of carbonyl (C=O) groups excluding carboxylic acids is 2. The van der Waals surface area contributed by atoms with Crippen LogP contribution in [0.4, 0.5) is 0 Å². The predicted molar refractivity (Wildman–Crippen MR) is 44.6 cm³/mol. The largest absolute Gasteiger partial charge is 1.00 e. The van der Waals surface area contributed by atoms with Crippen LogP contribution in [0.2, 0.25) is 0 Å². The number of ether oxygens (including phenoxy) is 1. The van der Waals surface area contributed by atoms with E-state index in [2.05, 4.69) is 4.74 Å². The Morgan fingerprint density at radius 3 is 2.00 bits per heavy atom. The molecule has 0 N–H and O–H groups in total. The van der Waals surface area contributed by atoms with Crippen molar-refractivity contribution in [3.63, 3.8) is 0 Å². The molecule has 0 aromatic rings. The Balaban J connectivity index is 0. The molecule has 0 amide bonds. The first kappa shape index (κ1) is 16.1. The molecule has 0 heterocycles. The molecule has 4 nitrogen and oxygen atoms in total. The molecule has 0 saturated heterocycles. The number of allylic oxidation sites excluding steroid dienone is 1. The molecule has 74 valence electrons. The van der Waals surface area contributed by atoms with E-state index in [9.17, 15) is 14.7 Å². The van der Waals surface area contributed by atoms with Crippen molar-refractivity contribution in [3.8, 4) is 0 Å². The van der Waals surface area contributed by atoms with E-state index in [0.29, 0.717) is 0 Å². The van der Waals surface area contributed by atoms with Gasteiger partial charge in [0, 0.05) is 5.41 Å². The molecule has 0 spiro atoms. The summed E-state index contributed by atoms with van der Waals surface area (Å²) in [6, 6.07) is 0. The number of hydrogen-bond donors (Lipinski definition) is 0. The maximum Gasteiger partial charge on any atom is 1.00 e. The zero-order valence-corrected chi connectivity index (χ0v) is 11.2. The van der Waals surface area contributed by atoms with Crippen LogP contribution in [0.1, 0.15) is 20.8 Å². The smallest absolute Gasteiger partial charge is 0.868 e. The summed E-state index contributed by atoms with van der Waals surface area (Å²) in [6.45, 7) is 4.99. The first-order chi connectivity index (χ1) is 5.79. The minimum Gasteiger partial charge on any atom is -0.868 e. The van der Waals surface area contributed by atoms with Gasteiger partial charge >= 0.3 is 35.5 Å². The Morgan fingerprint density at radius 2 is 1.71 bits per heavy atom. The molecule has 0 aliphatic heterocycles. The molecule has 0 aromatic carbocycles. The van der Waals surface area contributed by atoms with Crippen LogP contribution in [0.15, 0.2) is 11.8 Å². The number of esters is 1. The minimum absolute atomic E-state index is 0. The molecule has 0 bridgehead atoms. The second-order valence-corrected chi connectivity index (χ2v) is 3.61. The van der Waals surface area contributed by atoms with Crippen LogP contribution < -0.4 is 34.7 Å². The van der Waals surface area contributed by atoms with Gasteiger partial charge in [-0.2, -0.15) is 0 Å². The van der Waals surface area contributed by atoms with Gasteiger partial charge in [0.05, 0.1) is 7.11 Å². The van der Waals surface area contributed by atoms with Gasteiger partial charge in [-0.05, 0) is 11.8 Å². The zero-order chi connectivity index (χ0) is 10.6. The summed E-state index contributed by atoms with van der Waals surface area (Å²) in [4.78, 5) is 21.8. The third kappa shape index (κ3) is 5.42. The average molecular weight is 208 g/mol. The molecule has 14 heavy (non-hydrogen) atoms. The normalized spacial score (nSPS) is 11.6. The van der Waals surface area contributed by atoms with Crippen molar-refractivity contribution in [2.45, 2.75) is 20.8 Å². The number of ketones is 1. The zero-order valence-electron chi connectivity index (χ0n) is 9.21. The summed E-state index contributed by atoms with van der Waals surface area (Å²) in [5, 5.41) is 10.9. The van der Waals surface area contributed by atoms with Crippen LogP contribution in [0.5, 0.6) is 0 Å². The Bertz CT molecular complexity index is 250. The monoisotopic (exact) mass is 208 g/mol. The van der Waals surface area contributed by atoms with Crippen molar-refractivity contribution < 1.29 is 49.0 Å². The first-order valence-electron chi connectivity index (χ1n) is 3.80. The molecular formula is C9H13NaO4. The fourth-order valence-corrected chi connectivity index (χ4v) is 0.495. The molecule has 0 atom stereocenters. The van der Waals surface area contributed by atoms with Crippen molar-refractivity contribution in [3.05, 3.63) is 11.8 Å². The van der Waals surface area contributed by atoms with E-state index in [0.717, 1.165) is 13.2 Å². The van der Waals surface area contributed by atoms with E-state index in [1.165, 1.54) is 0 Å². The Morgan fingerprint density at radius 1 is 1.29 bits per heavy atom. The molecule has 0 radical (unpaired) electrons. The molecule has 0 saturated carbocycles. The van der Waals surface area contributed by atoms with Gasteiger partial charge in [0.15, 0.2) is 5.78 Å². The Labute approximate surface area is 106 Å². The Kier molecular flexibility index (Phi) is 7.16. The summed E-state index contributed by atoms with van der Waals surface area (Å²) >= 11 is 0. The van der Waals surface area contributed by atoms with Gasteiger partial charge in [-0.15, -0.1) is 0 Å². The fourth-order valence-electron chi connectivity index (χ4n) is 0.495. The second kappa shape index (κ2) is 6.22. The third-order valence-corrected chi connectivity index (χ3v) is 1.39. The summed E-state index contributed by atoms with van der Waals surface area (Å²) in [7, 11) is 1.09. The minimum atomic E-state index is -1.02. The van der Waals surface area contributed by atoms with E-state index in [1.807, 2.05) is 0 Å². The number of hydrogen-bond acceptors (Lipinski definition) is 4. The molecule has 0 aliphatic rings. The van der Waals surface area contributed by atoms with Gasteiger partial charge in [0.2, 0.25) is 0 Å². The van der Waals surface area contributed by atoms with Gasteiger partial charge in [-0.3, -0.25) is 4.79 Å². The number of methoxy groups -OCH3 is 1. The van der Waals surface area contributed by atoms with Gasteiger partial charge in [-0.1, -0.05) is 20.8 Å². The van der Waals surface area contributed by atoms with Crippen LogP contribution >= 0.6 is 0 Å². The van der Waals surface area contributed by atoms with Crippen molar-refractivity contribution in [2.24, 2.45) is 5.41 Å². The number of rotatable bonds is 2. The van der Waals surface area contributed by atoms with Gasteiger partial charge in [0.25, 0.3) is 0 Å². The summed E-state index contributed by atoms with van der Waals surface area (Å²) in [5.74, 6) is -2.32. The van der Waals surface area contributed by atoms with Crippen molar-refractivity contribution in [1.29, 1.82) is 0 Å². The number of carbonyl (C=O) groups is 2. The van der Waals surface area contributed by atoms with Crippen LogP contribution in [0.25, 0.3) is 0 Å². The molecule has 0 unspecified atom stereocenters. The quantitative estimate of drug-likeness (QED) is 0.210. The molecule has 5 heteroatoms. The topological polar surface area (TPSA) is 66.4 Å². The van der Waals surface area contributed by atoms with Crippen LogP contribution in [0, 0.1) is 5.41 Å². The van der Waals surface area contributed by atoms with Gasteiger partial charge in [0.1, 0.15) is 0 Å². The van der Waals surface area contributed by atoms with E-state index in [-0.39, 0.29) is 35.3 Å². The molecule has 0 aliphatic carbocycles. The SMILES string of the molecule is COC(=O)/C([O-])=C/C(=O)C(C)(C)C.[Na+].